The topological polar surface area (TPSA) is 24.9 Å². The first kappa shape index (κ1) is 13.4. The third-order valence-corrected chi connectivity index (χ3v) is 4.50. The smallest absolute Gasteiger partial charge is 0.0702 e. The predicted molar refractivity (Wildman–Crippen MR) is 88.2 cm³/mol. The van der Waals surface area contributed by atoms with E-state index in [1.807, 2.05) is 36.5 Å². The molecule has 0 amide bonds. The SMILES string of the molecule is Clc1cccc(NCc2ccc3ncccc3c2)c1Br. The molecular weight excluding hydrogens is 336 g/mol. The summed E-state index contributed by atoms with van der Waals surface area (Å²) in [5, 5.41) is 5.24. The van der Waals surface area contributed by atoms with E-state index in [-0.39, 0.29) is 0 Å². The second-order valence-corrected chi connectivity index (χ2v) is 5.69. The third kappa shape index (κ3) is 2.79. The number of aromatic nitrogens is 1. The van der Waals surface area contributed by atoms with Gasteiger partial charge in [-0.15, -0.1) is 0 Å². The number of nitrogens with one attached hydrogen (secondary N) is 1. The molecule has 2 nitrogen and oxygen atoms in total. The van der Waals surface area contributed by atoms with Crippen LogP contribution in [0.15, 0.2) is 59.2 Å². The van der Waals surface area contributed by atoms with Crippen molar-refractivity contribution in [1.29, 1.82) is 0 Å². The molecule has 4 heteroatoms. The van der Waals surface area contributed by atoms with E-state index in [1.165, 1.54) is 5.56 Å². The van der Waals surface area contributed by atoms with Crippen molar-refractivity contribution in [3.8, 4) is 0 Å². The Morgan fingerprint density at radius 2 is 2.00 bits per heavy atom. The lowest BCUT2D eigenvalue weighted by Gasteiger charge is -2.10. The van der Waals surface area contributed by atoms with Crippen molar-refractivity contribution in [3.05, 3.63) is 69.8 Å². The highest BCUT2D eigenvalue weighted by Crippen LogP contribution is 2.30. The molecule has 3 rings (SSSR count). The molecule has 1 N–H and O–H groups in total. The molecule has 0 aliphatic rings. The number of pyridine rings is 1. The Hall–Kier alpha value is -1.58. The summed E-state index contributed by atoms with van der Waals surface area (Å²) in [6.45, 7) is 0.740. The lowest BCUT2D eigenvalue weighted by molar-refractivity contribution is 1.15. The summed E-state index contributed by atoms with van der Waals surface area (Å²) in [5.74, 6) is 0. The van der Waals surface area contributed by atoms with Gasteiger partial charge in [0.15, 0.2) is 0 Å². The molecule has 0 aliphatic heterocycles. The molecule has 3 aromatic rings. The maximum absolute atomic E-state index is 6.08. The number of halogens is 2. The summed E-state index contributed by atoms with van der Waals surface area (Å²) < 4.78 is 0.893. The summed E-state index contributed by atoms with van der Waals surface area (Å²) in [7, 11) is 0. The van der Waals surface area contributed by atoms with E-state index >= 15 is 0 Å². The monoisotopic (exact) mass is 346 g/mol. The summed E-state index contributed by atoms with van der Waals surface area (Å²) in [6, 6.07) is 16.1. The van der Waals surface area contributed by atoms with E-state index in [0.717, 1.165) is 27.6 Å². The van der Waals surface area contributed by atoms with Gasteiger partial charge >= 0.3 is 0 Å². The predicted octanol–water partition coefficient (Wildman–Crippen LogP) is 5.26. The number of anilines is 1. The first-order valence-corrected chi connectivity index (χ1v) is 7.43. The number of fused-ring (bicyclic) bond motifs is 1. The highest BCUT2D eigenvalue weighted by Gasteiger charge is 2.03. The van der Waals surface area contributed by atoms with Gasteiger partial charge in [-0.2, -0.15) is 0 Å². The lowest BCUT2D eigenvalue weighted by atomic mass is 10.1. The van der Waals surface area contributed by atoms with E-state index in [4.69, 9.17) is 11.6 Å². The molecule has 20 heavy (non-hydrogen) atoms. The van der Waals surface area contributed by atoms with Gasteiger partial charge in [-0.05, 0) is 51.8 Å². The minimum Gasteiger partial charge on any atom is -0.380 e. The average molecular weight is 348 g/mol. The fourth-order valence-corrected chi connectivity index (χ4v) is 2.65. The van der Waals surface area contributed by atoms with Crippen molar-refractivity contribution in [3.63, 3.8) is 0 Å². The normalized spacial score (nSPS) is 10.7. The number of rotatable bonds is 3. The Labute approximate surface area is 130 Å². The number of hydrogen-bond acceptors (Lipinski definition) is 2. The quantitative estimate of drug-likeness (QED) is 0.699. The number of nitrogens with zero attached hydrogens (tertiary/aromatic N) is 1. The van der Waals surface area contributed by atoms with Gasteiger partial charge in [0.05, 0.1) is 20.7 Å². The Bertz CT molecular complexity index is 758. The standard InChI is InChI=1S/C16H12BrClN2/c17-16-13(18)4-1-5-15(16)20-10-11-6-7-14-12(9-11)3-2-8-19-14/h1-9,20H,10H2. The van der Waals surface area contributed by atoms with Crippen molar-refractivity contribution < 1.29 is 0 Å². The average Bonchev–Trinajstić information content (AvgIpc) is 2.48. The van der Waals surface area contributed by atoms with Crippen molar-refractivity contribution >= 4 is 44.1 Å². The second kappa shape index (κ2) is 5.81. The lowest BCUT2D eigenvalue weighted by Crippen LogP contribution is -2.00. The summed E-state index contributed by atoms with van der Waals surface area (Å²) in [4.78, 5) is 4.32. The largest absolute Gasteiger partial charge is 0.380 e. The van der Waals surface area contributed by atoms with Gasteiger partial charge in [0, 0.05) is 18.1 Å². The first-order valence-electron chi connectivity index (χ1n) is 6.25. The van der Waals surface area contributed by atoms with E-state index in [0.29, 0.717) is 5.02 Å². The van der Waals surface area contributed by atoms with Crippen LogP contribution in [0.3, 0.4) is 0 Å². The van der Waals surface area contributed by atoms with Gasteiger partial charge in [-0.1, -0.05) is 29.8 Å². The molecule has 0 radical (unpaired) electrons. The van der Waals surface area contributed by atoms with Crippen molar-refractivity contribution in [2.24, 2.45) is 0 Å². The summed E-state index contributed by atoms with van der Waals surface area (Å²) in [5.41, 5.74) is 3.21. The highest BCUT2D eigenvalue weighted by molar-refractivity contribution is 9.10. The van der Waals surface area contributed by atoms with Crippen LogP contribution in [-0.4, -0.2) is 4.98 Å². The molecular formula is C16H12BrClN2. The van der Waals surface area contributed by atoms with Crippen LogP contribution in [0, 0.1) is 0 Å². The molecule has 0 saturated carbocycles. The van der Waals surface area contributed by atoms with Gasteiger partial charge in [-0.3, -0.25) is 4.98 Å². The zero-order chi connectivity index (χ0) is 13.9. The van der Waals surface area contributed by atoms with Crippen LogP contribution in [0.4, 0.5) is 5.69 Å². The zero-order valence-corrected chi connectivity index (χ0v) is 12.9. The van der Waals surface area contributed by atoms with Crippen molar-refractivity contribution in [2.75, 3.05) is 5.32 Å². The number of benzene rings is 2. The molecule has 0 bridgehead atoms. The van der Waals surface area contributed by atoms with Crippen molar-refractivity contribution in [2.45, 2.75) is 6.54 Å². The van der Waals surface area contributed by atoms with Gasteiger partial charge < -0.3 is 5.32 Å². The minimum atomic E-state index is 0.706. The van der Waals surface area contributed by atoms with Crippen molar-refractivity contribution in [1.82, 2.24) is 4.98 Å². The van der Waals surface area contributed by atoms with E-state index in [1.54, 1.807) is 0 Å². The van der Waals surface area contributed by atoms with Crippen LogP contribution in [0.25, 0.3) is 10.9 Å². The van der Waals surface area contributed by atoms with E-state index < -0.39 is 0 Å². The number of hydrogen-bond donors (Lipinski definition) is 1. The Morgan fingerprint density at radius 3 is 2.90 bits per heavy atom. The van der Waals surface area contributed by atoms with Crippen LogP contribution < -0.4 is 5.32 Å². The third-order valence-electron chi connectivity index (χ3n) is 3.10. The van der Waals surface area contributed by atoms with Crippen LogP contribution >= 0.6 is 27.5 Å². The highest BCUT2D eigenvalue weighted by atomic mass is 79.9. The first-order chi connectivity index (χ1) is 9.74. The minimum absolute atomic E-state index is 0.706. The fraction of sp³-hybridized carbons (Fsp3) is 0.0625. The van der Waals surface area contributed by atoms with Crippen LogP contribution in [-0.2, 0) is 6.54 Å². The molecule has 0 spiro atoms. The molecule has 0 fully saturated rings. The molecule has 0 aliphatic carbocycles. The maximum atomic E-state index is 6.08. The zero-order valence-electron chi connectivity index (χ0n) is 10.6. The molecule has 0 unspecified atom stereocenters. The molecule has 0 atom stereocenters. The van der Waals surface area contributed by atoms with E-state index in [2.05, 4.69) is 44.4 Å². The molecule has 0 saturated heterocycles. The van der Waals surface area contributed by atoms with Crippen LogP contribution in [0.1, 0.15) is 5.56 Å². The Morgan fingerprint density at radius 1 is 1.10 bits per heavy atom. The van der Waals surface area contributed by atoms with Gasteiger partial charge in [0.2, 0.25) is 0 Å². The summed E-state index contributed by atoms with van der Waals surface area (Å²) in [6.07, 6.45) is 1.81. The van der Waals surface area contributed by atoms with Crippen LogP contribution in [0.5, 0.6) is 0 Å². The second-order valence-electron chi connectivity index (χ2n) is 4.49. The molecule has 1 aromatic heterocycles. The summed E-state index contributed by atoms with van der Waals surface area (Å²) >= 11 is 9.57. The van der Waals surface area contributed by atoms with Gasteiger partial charge in [-0.25, -0.2) is 0 Å². The molecule has 1 heterocycles. The van der Waals surface area contributed by atoms with Crippen LogP contribution in [0.2, 0.25) is 5.02 Å². The molecule has 100 valence electrons. The van der Waals surface area contributed by atoms with E-state index in [9.17, 15) is 0 Å². The van der Waals surface area contributed by atoms with Gasteiger partial charge in [0.1, 0.15) is 0 Å². The molecule has 2 aromatic carbocycles. The van der Waals surface area contributed by atoms with Gasteiger partial charge in [0.25, 0.3) is 0 Å². The Balaban J connectivity index is 1.81. The Kier molecular flexibility index (Phi) is 3.90. The fourth-order valence-electron chi connectivity index (χ4n) is 2.07. The maximum Gasteiger partial charge on any atom is 0.0702 e.